The van der Waals surface area contributed by atoms with Crippen LogP contribution in [0.5, 0.6) is 0 Å². The van der Waals surface area contributed by atoms with Gasteiger partial charge in [0, 0.05) is 16.4 Å². The van der Waals surface area contributed by atoms with Crippen molar-refractivity contribution in [1.82, 2.24) is 4.31 Å². The Balaban J connectivity index is 2.02. The quantitative estimate of drug-likeness (QED) is 0.691. The molecule has 1 aliphatic rings. The maximum Gasteiger partial charge on any atom is 0.243 e. The fourth-order valence-electron chi connectivity index (χ4n) is 2.90. The van der Waals surface area contributed by atoms with Gasteiger partial charge in [0.1, 0.15) is 0 Å². The zero-order chi connectivity index (χ0) is 16.6. The average Bonchev–Trinajstić information content (AvgIpc) is 2.91. The summed E-state index contributed by atoms with van der Waals surface area (Å²) in [6, 6.07) is 14.2. The molecule has 0 saturated carbocycles. The molecule has 122 valence electrons. The lowest BCUT2D eigenvalue weighted by Gasteiger charge is -2.25. The highest BCUT2D eigenvalue weighted by Crippen LogP contribution is 2.41. The van der Waals surface area contributed by atoms with E-state index in [1.807, 2.05) is 37.3 Å². The number of alkyl halides is 1. The molecule has 1 aliphatic heterocycles. The van der Waals surface area contributed by atoms with Crippen LogP contribution >= 0.6 is 27.5 Å². The van der Waals surface area contributed by atoms with Crippen LogP contribution in [0.2, 0.25) is 5.02 Å². The molecule has 0 spiro atoms. The number of rotatable bonds is 3. The topological polar surface area (TPSA) is 37.4 Å². The summed E-state index contributed by atoms with van der Waals surface area (Å²) >= 11 is 9.87. The summed E-state index contributed by atoms with van der Waals surface area (Å²) in [5.74, 6) is 0. The molecule has 0 N–H and O–H groups in total. The summed E-state index contributed by atoms with van der Waals surface area (Å²) in [6.07, 6.45) is 0.703. The van der Waals surface area contributed by atoms with Crippen molar-refractivity contribution in [2.24, 2.45) is 0 Å². The minimum Gasteiger partial charge on any atom is -0.207 e. The number of nitrogens with zero attached hydrogens (tertiary/aromatic N) is 1. The molecule has 1 fully saturated rings. The minimum absolute atomic E-state index is 0.115. The molecule has 3 nitrogen and oxygen atoms in total. The fourth-order valence-corrected chi connectivity index (χ4v) is 5.68. The van der Waals surface area contributed by atoms with Crippen molar-refractivity contribution in [3.05, 3.63) is 64.7 Å². The van der Waals surface area contributed by atoms with Gasteiger partial charge in [0.15, 0.2) is 0 Å². The van der Waals surface area contributed by atoms with Crippen LogP contribution in [0, 0.1) is 6.92 Å². The van der Waals surface area contributed by atoms with Gasteiger partial charge in [0.25, 0.3) is 0 Å². The third-order valence-electron chi connectivity index (χ3n) is 4.10. The van der Waals surface area contributed by atoms with Crippen molar-refractivity contribution in [2.45, 2.75) is 29.1 Å². The molecule has 0 bridgehead atoms. The molecular weight excluding hydrogens is 398 g/mol. The molecule has 0 aliphatic carbocycles. The van der Waals surface area contributed by atoms with Crippen LogP contribution in [-0.2, 0) is 10.0 Å². The van der Waals surface area contributed by atoms with Gasteiger partial charge in [0.2, 0.25) is 10.0 Å². The van der Waals surface area contributed by atoms with Crippen molar-refractivity contribution in [3.63, 3.8) is 0 Å². The van der Waals surface area contributed by atoms with Crippen molar-refractivity contribution in [2.75, 3.05) is 6.54 Å². The Morgan fingerprint density at radius 1 is 1.13 bits per heavy atom. The lowest BCUT2D eigenvalue weighted by Crippen LogP contribution is -2.31. The van der Waals surface area contributed by atoms with Crippen LogP contribution in [0.1, 0.15) is 23.6 Å². The van der Waals surface area contributed by atoms with Crippen LogP contribution in [0.25, 0.3) is 0 Å². The minimum atomic E-state index is -3.56. The molecule has 1 saturated heterocycles. The highest BCUT2D eigenvalue weighted by Gasteiger charge is 2.40. The Morgan fingerprint density at radius 2 is 1.78 bits per heavy atom. The smallest absolute Gasteiger partial charge is 0.207 e. The van der Waals surface area contributed by atoms with Crippen LogP contribution in [-0.4, -0.2) is 24.1 Å². The van der Waals surface area contributed by atoms with Crippen molar-refractivity contribution < 1.29 is 8.42 Å². The van der Waals surface area contributed by atoms with Gasteiger partial charge in [-0.1, -0.05) is 63.4 Å². The Labute approximate surface area is 150 Å². The Morgan fingerprint density at radius 3 is 2.43 bits per heavy atom. The molecule has 6 heteroatoms. The fraction of sp³-hybridized carbons (Fsp3) is 0.294. The molecule has 2 atom stereocenters. The number of sulfonamides is 1. The summed E-state index contributed by atoms with van der Waals surface area (Å²) in [7, 11) is -3.56. The Bertz CT molecular complexity index is 808. The molecule has 3 rings (SSSR count). The number of hydrogen-bond donors (Lipinski definition) is 0. The van der Waals surface area contributed by atoms with E-state index in [4.69, 9.17) is 11.6 Å². The largest absolute Gasteiger partial charge is 0.243 e. The van der Waals surface area contributed by atoms with Gasteiger partial charge in [-0.2, -0.15) is 4.31 Å². The molecule has 2 aromatic rings. The number of halogens is 2. The van der Waals surface area contributed by atoms with Gasteiger partial charge in [-0.05, 0) is 37.1 Å². The predicted molar refractivity (Wildman–Crippen MR) is 96.6 cm³/mol. The normalized spacial score (nSPS) is 22.4. The van der Waals surface area contributed by atoms with E-state index in [1.165, 1.54) is 0 Å². The second-order valence-electron chi connectivity index (χ2n) is 5.76. The molecule has 1 heterocycles. The van der Waals surface area contributed by atoms with Gasteiger partial charge in [-0.15, -0.1) is 0 Å². The summed E-state index contributed by atoms with van der Waals surface area (Å²) in [5.41, 5.74) is 1.89. The van der Waals surface area contributed by atoms with Gasteiger partial charge >= 0.3 is 0 Å². The van der Waals surface area contributed by atoms with E-state index in [1.54, 1.807) is 22.5 Å². The first-order valence-corrected chi connectivity index (χ1v) is 10.1. The highest BCUT2D eigenvalue weighted by molar-refractivity contribution is 9.09. The Kier molecular flexibility index (Phi) is 4.83. The predicted octanol–water partition coefficient (Wildman–Crippen LogP) is 4.55. The van der Waals surface area contributed by atoms with Crippen LogP contribution < -0.4 is 0 Å². The standard InChI is InChI=1S/C17H17BrClNO2S/c1-12-6-8-14(9-7-12)23(21,22)20-11-13(18)10-17(20)15-4-2-3-5-16(15)19/h2-9,13,17H,10-11H2,1H3. The van der Waals surface area contributed by atoms with E-state index >= 15 is 0 Å². The van der Waals surface area contributed by atoms with Gasteiger partial charge in [-0.25, -0.2) is 8.42 Å². The first kappa shape index (κ1) is 17.0. The summed E-state index contributed by atoms with van der Waals surface area (Å²) < 4.78 is 27.7. The molecule has 0 radical (unpaired) electrons. The van der Waals surface area contributed by atoms with E-state index in [-0.39, 0.29) is 10.9 Å². The van der Waals surface area contributed by atoms with E-state index in [2.05, 4.69) is 15.9 Å². The lowest BCUT2D eigenvalue weighted by atomic mass is 10.1. The number of aryl methyl sites for hydroxylation is 1. The van der Waals surface area contributed by atoms with E-state index in [9.17, 15) is 8.42 Å². The third kappa shape index (κ3) is 3.33. The van der Waals surface area contributed by atoms with Gasteiger partial charge in [-0.3, -0.25) is 0 Å². The summed E-state index contributed by atoms with van der Waals surface area (Å²) in [4.78, 5) is 0.436. The van der Waals surface area contributed by atoms with Crippen LogP contribution in [0.3, 0.4) is 0 Å². The molecule has 0 amide bonds. The van der Waals surface area contributed by atoms with Crippen LogP contribution in [0.15, 0.2) is 53.4 Å². The van der Waals surface area contributed by atoms with Crippen molar-refractivity contribution >= 4 is 37.6 Å². The summed E-state index contributed by atoms with van der Waals surface area (Å²) in [6.45, 7) is 2.37. The molecule has 0 aromatic heterocycles. The van der Waals surface area contributed by atoms with Gasteiger partial charge < -0.3 is 0 Å². The molecule has 2 unspecified atom stereocenters. The number of benzene rings is 2. The first-order chi connectivity index (χ1) is 10.9. The maximum atomic E-state index is 13.0. The Hall–Kier alpha value is -0.880. The lowest BCUT2D eigenvalue weighted by molar-refractivity contribution is 0.397. The maximum absolute atomic E-state index is 13.0. The van der Waals surface area contributed by atoms with Crippen molar-refractivity contribution in [3.8, 4) is 0 Å². The van der Waals surface area contributed by atoms with Crippen LogP contribution in [0.4, 0.5) is 0 Å². The molecule has 2 aromatic carbocycles. The molecule has 23 heavy (non-hydrogen) atoms. The third-order valence-corrected chi connectivity index (χ3v) is 6.99. The monoisotopic (exact) mass is 413 g/mol. The van der Waals surface area contributed by atoms with Gasteiger partial charge in [0.05, 0.1) is 10.9 Å². The first-order valence-electron chi connectivity index (χ1n) is 7.36. The van der Waals surface area contributed by atoms with Crippen molar-refractivity contribution in [1.29, 1.82) is 0 Å². The van der Waals surface area contributed by atoms with E-state index in [0.717, 1.165) is 11.1 Å². The molecular formula is C17H17BrClNO2S. The highest BCUT2D eigenvalue weighted by atomic mass is 79.9. The second-order valence-corrected chi connectivity index (χ2v) is 9.35. The zero-order valence-electron chi connectivity index (χ0n) is 12.6. The number of hydrogen-bond acceptors (Lipinski definition) is 2. The SMILES string of the molecule is Cc1ccc(S(=O)(=O)N2CC(Br)CC2c2ccccc2Cl)cc1. The zero-order valence-corrected chi connectivity index (χ0v) is 15.8. The summed E-state index contributed by atoms with van der Waals surface area (Å²) in [5, 5.41) is 0.600. The average molecular weight is 415 g/mol. The van der Waals surface area contributed by atoms with E-state index < -0.39 is 10.0 Å². The second kappa shape index (κ2) is 6.55. The van der Waals surface area contributed by atoms with E-state index in [0.29, 0.717) is 22.9 Å².